The molecule has 1 atom stereocenters. The van der Waals surface area contributed by atoms with Gasteiger partial charge in [0.1, 0.15) is 11.5 Å². The maximum Gasteiger partial charge on any atom is 0.118 e. The SMILES string of the molecule is CCNCc1ccc(CS(=O)c2cccs2)o1. The minimum Gasteiger partial charge on any atom is -0.464 e. The Balaban J connectivity index is 1.95. The van der Waals surface area contributed by atoms with Gasteiger partial charge in [-0.3, -0.25) is 4.21 Å². The number of hydrogen-bond donors (Lipinski definition) is 1. The van der Waals surface area contributed by atoms with Crippen LogP contribution in [-0.4, -0.2) is 10.8 Å². The molecule has 1 unspecified atom stereocenters. The fourth-order valence-corrected chi connectivity index (χ4v) is 3.44. The van der Waals surface area contributed by atoms with Crippen LogP contribution in [0.4, 0.5) is 0 Å². The molecule has 0 aromatic carbocycles. The summed E-state index contributed by atoms with van der Waals surface area (Å²) in [6, 6.07) is 7.64. The van der Waals surface area contributed by atoms with Crippen molar-refractivity contribution in [1.29, 1.82) is 0 Å². The highest BCUT2D eigenvalue weighted by atomic mass is 32.2. The molecule has 0 amide bonds. The molecule has 3 nitrogen and oxygen atoms in total. The minimum atomic E-state index is -0.991. The Kier molecular flexibility index (Phi) is 4.53. The van der Waals surface area contributed by atoms with Crippen molar-refractivity contribution >= 4 is 22.1 Å². The van der Waals surface area contributed by atoms with Gasteiger partial charge in [-0.15, -0.1) is 11.3 Å². The Morgan fingerprint density at radius 3 is 2.88 bits per heavy atom. The summed E-state index contributed by atoms with van der Waals surface area (Å²) in [6.07, 6.45) is 0. The molecule has 0 radical (unpaired) electrons. The third kappa shape index (κ3) is 3.52. The molecule has 2 aromatic rings. The van der Waals surface area contributed by atoms with Crippen LogP contribution in [-0.2, 0) is 23.1 Å². The second-order valence-corrected chi connectivity index (χ2v) is 6.20. The van der Waals surface area contributed by atoms with Crippen LogP contribution in [0.15, 0.2) is 38.3 Å². The number of thiophene rings is 1. The first kappa shape index (κ1) is 12.5. The molecule has 5 heteroatoms. The van der Waals surface area contributed by atoms with Crippen molar-refractivity contribution in [3.63, 3.8) is 0 Å². The van der Waals surface area contributed by atoms with E-state index in [0.29, 0.717) is 5.75 Å². The van der Waals surface area contributed by atoms with E-state index in [-0.39, 0.29) is 0 Å². The monoisotopic (exact) mass is 269 g/mol. The summed E-state index contributed by atoms with van der Waals surface area (Å²) in [5.74, 6) is 2.13. The highest BCUT2D eigenvalue weighted by Gasteiger charge is 2.09. The van der Waals surface area contributed by atoms with Crippen LogP contribution in [0.1, 0.15) is 18.4 Å². The zero-order valence-corrected chi connectivity index (χ0v) is 11.3. The van der Waals surface area contributed by atoms with Crippen LogP contribution in [0.5, 0.6) is 0 Å². The van der Waals surface area contributed by atoms with E-state index in [4.69, 9.17) is 4.42 Å². The lowest BCUT2D eigenvalue weighted by atomic mass is 10.4. The maximum atomic E-state index is 11.9. The normalized spacial score (nSPS) is 12.8. The van der Waals surface area contributed by atoms with Crippen molar-refractivity contribution in [2.75, 3.05) is 6.54 Å². The van der Waals surface area contributed by atoms with Crippen molar-refractivity contribution < 1.29 is 8.63 Å². The van der Waals surface area contributed by atoms with E-state index >= 15 is 0 Å². The van der Waals surface area contributed by atoms with Gasteiger partial charge in [0.05, 0.1) is 27.3 Å². The summed E-state index contributed by atoms with van der Waals surface area (Å²) >= 11 is 1.52. The molecular formula is C12H15NO2S2. The van der Waals surface area contributed by atoms with E-state index in [9.17, 15) is 4.21 Å². The molecule has 92 valence electrons. The Morgan fingerprint density at radius 1 is 1.35 bits per heavy atom. The molecule has 0 aliphatic heterocycles. The van der Waals surface area contributed by atoms with Crippen molar-refractivity contribution in [3.05, 3.63) is 41.2 Å². The molecule has 1 N–H and O–H groups in total. The van der Waals surface area contributed by atoms with E-state index in [2.05, 4.69) is 12.2 Å². The average Bonchev–Trinajstić information content (AvgIpc) is 2.97. The molecule has 0 saturated heterocycles. The maximum absolute atomic E-state index is 11.9. The Bertz CT molecular complexity index is 476. The highest BCUT2D eigenvalue weighted by molar-refractivity contribution is 7.86. The summed E-state index contributed by atoms with van der Waals surface area (Å²) in [4.78, 5) is 0. The lowest BCUT2D eigenvalue weighted by Crippen LogP contribution is -2.10. The first-order chi connectivity index (χ1) is 8.29. The predicted octanol–water partition coefficient (Wildman–Crippen LogP) is 2.76. The molecule has 0 aliphatic rings. The van der Waals surface area contributed by atoms with Gasteiger partial charge in [0.25, 0.3) is 0 Å². The molecule has 2 aromatic heterocycles. The van der Waals surface area contributed by atoms with Crippen molar-refractivity contribution in [1.82, 2.24) is 5.32 Å². The standard InChI is InChI=1S/C12H15NO2S2/c1-2-13-8-10-5-6-11(15-10)9-17(14)12-4-3-7-16-12/h3-7,13H,2,8-9H2,1H3. The summed E-state index contributed by atoms with van der Waals surface area (Å²) in [6.45, 7) is 3.69. The zero-order valence-electron chi connectivity index (χ0n) is 9.64. The van der Waals surface area contributed by atoms with E-state index in [1.807, 2.05) is 29.6 Å². The highest BCUT2D eigenvalue weighted by Crippen LogP contribution is 2.18. The molecule has 0 saturated carbocycles. The molecule has 2 rings (SSSR count). The van der Waals surface area contributed by atoms with E-state index in [1.54, 1.807) is 0 Å². The third-order valence-electron chi connectivity index (χ3n) is 2.26. The number of hydrogen-bond acceptors (Lipinski definition) is 4. The van der Waals surface area contributed by atoms with Gasteiger partial charge in [0.15, 0.2) is 0 Å². The summed E-state index contributed by atoms with van der Waals surface area (Å²) in [7, 11) is -0.991. The lowest BCUT2D eigenvalue weighted by Gasteiger charge is -1.98. The van der Waals surface area contributed by atoms with Gasteiger partial charge in [-0.1, -0.05) is 13.0 Å². The van der Waals surface area contributed by atoms with Gasteiger partial charge in [0, 0.05) is 0 Å². The van der Waals surface area contributed by atoms with E-state index < -0.39 is 10.8 Å². The van der Waals surface area contributed by atoms with Gasteiger partial charge < -0.3 is 9.73 Å². The first-order valence-electron chi connectivity index (χ1n) is 5.49. The predicted molar refractivity (Wildman–Crippen MR) is 70.5 cm³/mol. The van der Waals surface area contributed by atoms with Crippen LogP contribution in [0.3, 0.4) is 0 Å². The largest absolute Gasteiger partial charge is 0.464 e. The number of furan rings is 1. The topological polar surface area (TPSA) is 42.2 Å². The smallest absolute Gasteiger partial charge is 0.118 e. The average molecular weight is 269 g/mol. The fraction of sp³-hybridized carbons (Fsp3) is 0.333. The molecule has 2 heterocycles. The Labute approximate surface area is 107 Å². The van der Waals surface area contributed by atoms with Crippen LogP contribution in [0.25, 0.3) is 0 Å². The zero-order chi connectivity index (χ0) is 12.1. The molecule has 0 spiro atoms. The van der Waals surface area contributed by atoms with E-state index in [1.165, 1.54) is 11.3 Å². The van der Waals surface area contributed by atoms with Gasteiger partial charge in [-0.25, -0.2) is 0 Å². The van der Waals surface area contributed by atoms with Crippen molar-refractivity contribution in [2.45, 2.75) is 23.4 Å². The van der Waals surface area contributed by atoms with Crippen LogP contribution in [0.2, 0.25) is 0 Å². The molecule has 0 aliphatic carbocycles. The second-order valence-electron chi connectivity index (χ2n) is 3.57. The quantitative estimate of drug-likeness (QED) is 0.877. The van der Waals surface area contributed by atoms with Crippen molar-refractivity contribution in [2.24, 2.45) is 0 Å². The van der Waals surface area contributed by atoms with Crippen LogP contribution < -0.4 is 5.32 Å². The third-order valence-corrected chi connectivity index (χ3v) is 4.90. The van der Waals surface area contributed by atoms with Gasteiger partial charge in [-0.05, 0) is 30.1 Å². The Morgan fingerprint density at radius 2 is 2.18 bits per heavy atom. The summed E-state index contributed by atoms with van der Waals surface area (Å²) in [5, 5.41) is 5.13. The molecule has 17 heavy (non-hydrogen) atoms. The Hall–Kier alpha value is -0.910. The lowest BCUT2D eigenvalue weighted by molar-refractivity contribution is 0.461. The first-order valence-corrected chi connectivity index (χ1v) is 7.69. The van der Waals surface area contributed by atoms with Gasteiger partial charge in [0.2, 0.25) is 0 Å². The molecule has 0 bridgehead atoms. The summed E-state index contributed by atoms with van der Waals surface area (Å²) in [5.41, 5.74) is 0. The minimum absolute atomic E-state index is 0.451. The van der Waals surface area contributed by atoms with Crippen LogP contribution >= 0.6 is 11.3 Å². The van der Waals surface area contributed by atoms with E-state index in [0.717, 1.165) is 28.8 Å². The fourth-order valence-electron chi connectivity index (χ4n) is 1.44. The summed E-state index contributed by atoms with van der Waals surface area (Å²) < 4.78 is 18.4. The molecular weight excluding hydrogens is 254 g/mol. The molecule has 0 fully saturated rings. The van der Waals surface area contributed by atoms with Crippen molar-refractivity contribution in [3.8, 4) is 0 Å². The number of nitrogens with one attached hydrogen (secondary N) is 1. The number of rotatable bonds is 6. The van der Waals surface area contributed by atoms with Gasteiger partial charge in [-0.2, -0.15) is 0 Å². The second kappa shape index (κ2) is 6.14. The van der Waals surface area contributed by atoms with Gasteiger partial charge >= 0.3 is 0 Å². The van der Waals surface area contributed by atoms with Crippen LogP contribution in [0, 0.1) is 0 Å².